The Kier molecular flexibility index (Phi) is 4.65. The lowest BCUT2D eigenvalue weighted by Crippen LogP contribution is -2.21. The number of amides is 1. The third kappa shape index (κ3) is 3.05. The number of nitrogens with zero attached hydrogens (tertiary/aromatic N) is 4. The standard InChI is InChI=1S/C21H21N5O2/c1-13-24-25-21-17(12-19(27)22-2)23-20(14-7-5-4-6-8-14)16-11-15(28-3)9-10-18(16)26(13)21/h4-11,17H,12H2,1-3H3,(H,22,27)/t17-/m0/s1. The molecule has 28 heavy (non-hydrogen) atoms. The number of carbonyl (C=O) groups excluding carboxylic acids is 1. The summed E-state index contributed by atoms with van der Waals surface area (Å²) in [5, 5.41) is 11.3. The third-order valence-corrected chi connectivity index (χ3v) is 4.84. The van der Waals surface area contributed by atoms with Crippen LogP contribution in [-0.4, -0.2) is 40.5 Å². The number of fused-ring (bicyclic) bond motifs is 3. The van der Waals surface area contributed by atoms with Crippen LogP contribution in [0.25, 0.3) is 5.69 Å². The second kappa shape index (κ2) is 7.26. The molecular formula is C21H21N5O2. The molecule has 1 aromatic heterocycles. The van der Waals surface area contributed by atoms with Crippen LogP contribution in [0.15, 0.2) is 53.5 Å². The summed E-state index contributed by atoms with van der Waals surface area (Å²) in [6, 6.07) is 15.3. The van der Waals surface area contributed by atoms with Crippen molar-refractivity contribution < 1.29 is 9.53 Å². The number of aliphatic imine (C=N–C) groups is 1. The topological polar surface area (TPSA) is 81.4 Å². The summed E-state index contributed by atoms with van der Waals surface area (Å²) in [4.78, 5) is 17.1. The van der Waals surface area contributed by atoms with Gasteiger partial charge in [-0.25, -0.2) is 0 Å². The zero-order chi connectivity index (χ0) is 19.7. The molecule has 0 bridgehead atoms. The van der Waals surface area contributed by atoms with E-state index in [2.05, 4.69) is 15.5 Å². The SMILES string of the molecule is CNC(=O)C[C@@H]1N=C(c2ccccc2)c2cc(OC)ccc2-n2c(C)nnc21. The zero-order valence-corrected chi connectivity index (χ0v) is 16.0. The largest absolute Gasteiger partial charge is 0.497 e. The highest BCUT2D eigenvalue weighted by molar-refractivity contribution is 6.15. The molecule has 0 aliphatic carbocycles. The first kappa shape index (κ1) is 17.9. The summed E-state index contributed by atoms with van der Waals surface area (Å²) in [5.74, 6) is 2.03. The van der Waals surface area contributed by atoms with E-state index in [1.165, 1.54) is 0 Å². The van der Waals surface area contributed by atoms with E-state index in [0.717, 1.165) is 34.1 Å². The number of carbonyl (C=O) groups is 1. The van der Waals surface area contributed by atoms with Crippen molar-refractivity contribution in [2.24, 2.45) is 4.99 Å². The van der Waals surface area contributed by atoms with Crippen LogP contribution in [-0.2, 0) is 4.79 Å². The number of ether oxygens (including phenoxy) is 1. The fraction of sp³-hybridized carbons (Fsp3) is 0.238. The van der Waals surface area contributed by atoms with Crippen LogP contribution in [0.1, 0.15) is 35.2 Å². The number of hydrogen-bond donors (Lipinski definition) is 1. The van der Waals surface area contributed by atoms with Gasteiger partial charge in [0.25, 0.3) is 0 Å². The molecule has 7 heteroatoms. The number of aromatic nitrogens is 3. The van der Waals surface area contributed by atoms with Gasteiger partial charge in [-0.2, -0.15) is 0 Å². The molecule has 0 unspecified atom stereocenters. The normalized spacial score (nSPS) is 15.1. The van der Waals surface area contributed by atoms with Gasteiger partial charge in [-0.3, -0.25) is 14.4 Å². The molecule has 2 aromatic carbocycles. The van der Waals surface area contributed by atoms with Crippen LogP contribution >= 0.6 is 0 Å². The van der Waals surface area contributed by atoms with Crippen molar-refractivity contribution in [2.45, 2.75) is 19.4 Å². The molecule has 142 valence electrons. The highest BCUT2D eigenvalue weighted by Gasteiger charge is 2.29. The molecule has 1 aliphatic rings. The van der Waals surface area contributed by atoms with Crippen LogP contribution in [0.2, 0.25) is 0 Å². The van der Waals surface area contributed by atoms with Crippen molar-refractivity contribution >= 4 is 11.6 Å². The summed E-state index contributed by atoms with van der Waals surface area (Å²) in [6.07, 6.45) is 0.191. The van der Waals surface area contributed by atoms with Crippen LogP contribution in [0, 0.1) is 6.92 Å². The van der Waals surface area contributed by atoms with Gasteiger partial charge in [0, 0.05) is 18.2 Å². The van der Waals surface area contributed by atoms with E-state index in [1.807, 2.05) is 60.0 Å². The van der Waals surface area contributed by atoms with E-state index in [0.29, 0.717) is 5.82 Å². The summed E-state index contributed by atoms with van der Waals surface area (Å²) in [5.41, 5.74) is 3.60. The summed E-state index contributed by atoms with van der Waals surface area (Å²) < 4.78 is 7.43. The molecule has 2 heterocycles. The molecule has 1 aliphatic heterocycles. The lowest BCUT2D eigenvalue weighted by Gasteiger charge is -2.14. The van der Waals surface area contributed by atoms with Crippen LogP contribution in [0.3, 0.4) is 0 Å². The van der Waals surface area contributed by atoms with E-state index < -0.39 is 6.04 Å². The van der Waals surface area contributed by atoms with Gasteiger partial charge >= 0.3 is 0 Å². The minimum atomic E-state index is -0.449. The molecular weight excluding hydrogens is 354 g/mol. The Balaban J connectivity index is 2.00. The molecule has 0 saturated carbocycles. The number of hydrogen-bond acceptors (Lipinski definition) is 5. The number of benzene rings is 2. The Hall–Kier alpha value is -3.48. The van der Waals surface area contributed by atoms with Gasteiger partial charge in [0.05, 0.1) is 24.9 Å². The minimum Gasteiger partial charge on any atom is -0.497 e. The van der Waals surface area contributed by atoms with Gasteiger partial charge in [0.15, 0.2) is 5.82 Å². The second-order valence-corrected chi connectivity index (χ2v) is 6.56. The van der Waals surface area contributed by atoms with Gasteiger partial charge in [0.2, 0.25) is 5.91 Å². The van der Waals surface area contributed by atoms with Gasteiger partial charge in [-0.1, -0.05) is 30.3 Å². The van der Waals surface area contributed by atoms with Crippen LogP contribution in [0.5, 0.6) is 5.75 Å². The quantitative estimate of drug-likeness (QED) is 0.760. The van der Waals surface area contributed by atoms with E-state index >= 15 is 0 Å². The fourth-order valence-corrected chi connectivity index (χ4v) is 3.44. The van der Waals surface area contributed by atoms with Gasteiger partial charge < -0.3 is 10.1 Å². The number of methoxy groups -OCH3 is 1. The average molecular weight is 375 g/mol. The predicted molar refractivity (Wildman–Crippen MR) is 106 cm³/mol. The molecule has 4 rings (SSSR count). The molecule has 0 radical (unpaired) electrons. The Morgan fingerprint density at radius 1 is 1.18 bits per heavy atom. The number of aryl methyl sites for hydroxylation is 1. The number of nitrogens with one attached hydrogen (secondary N) is 1. The summed E-state index contributed by atoms with van der Waals surface area (Å²) in [7, 11) is 3.26. The van der Waals surface area contributed by atoms with E-state index in [-0.39, 0.29) is 12.3 Å². The molecule has 1 atom stereocenters. The Morgan fingerprint density at radius 2 is 1.96 bits per heavy atom. The molecule has 7 nitrogen and oxygen atoms in total. The second-order valence-electron chi connectivity index (χ2n) is 6.56. The van der Waals surface area contributed by atoms with E-state index in [1.54, 1.807) is 14.2 Å². The predicted octanol–water partition coefficient (Wildman–Crippen LogP) is 2.61. The Labute approximate surface area is 163 Å². The van der Waals surface area contributed by atoms with E-state index in [4.69, 9.17) is 9.73 Å². The third-order valence-electron chi connectivity index (χ3n) is 4.84. The van der Waals surface area contributed by atoms with Crippen LogP contribution < -0.4 is 10.1 Å². The van der Waals surface area contributed by atoms with Crippen molar-refractivity contribution in [1.29, 1.82) is 0 Å². The molecule has 3 aromatic rings. The molecule has 0 spiro atoms. The first-order valence-electron chi connectivity index (χ1n) is 9.07. The molecule has 1 N–H and O–H groups in total. The van der Waals surface area contributed by atoms with Crippen molar-refractivity contribution in [3.63, 3.8) is 0 Å². The Morgan fingerprint density at radius 3 is 2.68 bits per heavy atom. The summed E-state index contributed by atoms with van der Waals surface area (Å²) >= 11 is 0. The minimum absolute atomic E-state index is 0.100. The van der Waals surface area contributed by atoms with Crippen molar-refractivity contribution in [2.75, 3.05) is 14.2 Å². The maximum Gasteiger partial charge on any atom is 0.222 e. The Bertz CT molecular complexity index is 1060. The monoisotopic (exact) mass is 375 g/mol. The van der Waals surface area contributed by atoms with Crippen molar-refractivity contribution in [3.8, 4) is 11.4 Å². The summed E-state index contributed by atoms with van der Waals surface area (Å²) in [6.45, 7) is 1.90. The molecule has 1 amide bonds. The smallest absolute Gasteiger partial charge is 0.222 e. The maximum absolute atomic E-state index is 12.2. The lowest BCUT2D eigenvalue weighted by molar-refractivity contribution is -0.121. The van der Waals surface area contributed by atoms with Gasteiger partial charge in [-0.15, -0.1) is 10.2 Å². The van der Waals surface area contributed by atoms with Crippen molar-refractivity contribution in [1.82, 2.24) is 20.1 Å². The number of rotatable bonds is 4. The van der Waals surface area contributed by atoms with E-state index in [9.17, 15) is 4.79 Å². The highest BCUT2D eigenvalue weighted by atomic mass is 16.5. The first-order chi connectivity index (χ1) is 13.6. The fourth-order valence-electron chi connectivity index (χ4n) is 3.44. The average Bonchev–Trinajstić information content (AvgIpc) is 3.05. The molecule has 0 fully saturated rings. The first-order valence-corrected chi connectivity index (χ1v) is 9.07. The van der Waals surface area contributed by atoms with Crippen LogP contribution in [0.4, 0.5) is 0 Å². The molecule has 0 saturated heterocycles. The zero-order valence-electron chi connectivity index (χ0n) is 16.0. The highest BCUT2D eigenvalue weighted by Crippen LogP contribution is 2.34. The maximum atomic E-state index is 12.2. The van der Waals surface area contributed by atoms with Gasteiger partial charge in [-0.05, 0) is 25.1 Å². The van der Waals surface area contributed by atoms with Crippen molar-refractivity contribution in [3.05, 3.63) is 71.3 Å². The van der Waals surface area contributed by atoms with Gasteiger partial charge in [0.1, 0.15) is 17.6 Å². The lowest BCUT2D eigenvalue weighted by atomic mass is 10.00.